The number of amides is 3. The number of nitrogens with one attached hydrogen (secondary N) is 1. The van der Waals surface area contributed by atoms with E-state index in [0.717, 1.165) is 39.1 Å². The first kappa shape index (κ1) is 23.5. The predicted octanol–water partition coefficient (Wildman–Crippen LogP) is 4.98. The van der Waals surface area contributed by atoms with Crippen LogP contribution >= 0.6 is 11.8 Å². The van der Waals surface area contributed by atoms with E-state index < -0.39 is 17.1 Å². The molecule has 9 heteroatoms. The van der Waals surface area contributed by atoms with Gasteiger partial charge >= 0.3 is 0 Å². The lowest BCUT2D eigenvalue weighted by atomic mass is 10.2. The second-order valence-electron chi connectivity index (χ2n) is 8.18. The molecule has 0 radical (unpaired) electrons. The van der Waals surface area contributed by atoms with E-state index in [2.05, 4.69) is 5.32 Å². The third kappa shape index (κ3) is 5.21. The fraction of sp³-hybridized carbons (Fsp3) is 0.148. The highest BCUT2D eigenvalue weighted by Crippen LogP contribution is 2.34. The first-order chi connectivity index (χ1) is 17.5. The number of hydrogen-bond acceptors (Lipinski definition) is 7. The van der Waals surface area contributed by atoms with Crippen LogP contribution in [0.4, 0.5) is 10.5 Å². The Hall–Kier alpha value is -4.24. The molecule has 2 heterocycles. The Labute approximate surface area is 211 Å². The summed E-state index contributed by atoms with van der Waals surface area (Å²) in [6.07, 6.45) is 1.63. The quantitative estimate of drug-likeness (QED) is 0.456. The summed E-state index contributed by atoms with van der Waals surface area (Å²) in [7, 11) is 0. The van der Waals surface area contributed by atoms with Gasteiger partial charge in [-0.05, 0) is 71.8 Å². The van der Waals surface area contributed by atoms with Crippen molar-refractivity contribution in [3.8, 4) is 17.2 Å². The van der Waals surface area contributed by atoms with E-state index in [1.807, 2.05) is 37.3 Å². The highest BCUT2D eigenvalue weighted by molar-refractivity contribution is 8.18. The molecule has 8 nitrogen and oxygen atoms in total. The van der Waals surface area contributed by atoms with E-state index in [4.69, 9.17) is 14.2 Å². The standard InChI is InChI=1S/C27H22N2O6S/c1-17-4-2-3-5-21(17)28-25(30)14-29-26(31)24(36-27(29)32)13-18-6-9-20(10-7-18)33-15-19-8-11-22-23(12-19)35-16-34-22/h2-13H,14-16H2,1H3,(H,28,30)/b24-13-. The number of fused-ring (bicyclic) bond motifs is 1. The van der Waals surface area contributed by atoms with Gasteiger partial charge in [-0.1, -0.05) is 36.4 Å². The molecule has 1 saturated heterocycles. The van der Waals surface area contributed by atoms with Crippen molar-refractivity contribution < 1.29 is 28.6 Å². The van der Waals surface area contributed by atoms with Crippen LogP contribution in [-0.2, 0) is 16.2 Å². The van der Waals surface area contributed by atoms with Gasteiger partial charge in [0.15, 0.2) is 11.5 Å². The van der Waals surface area contributed by atoms with Crippen LogP contribution in [0.15, 0.2) is 71.6 Å². The first-order valence-corrected chi connectivity index (χ1v) is 12.0. The smallest absolute Gasteiger partial charge is 0.294 e. The second-order valence-corrected chi connectivity index (χ2v) is 9.17. The topological polar surface area (TPSA) is 94.2 Å². The van der Waals surface area contributed by atoms with Gasteiger partial charge in [-0.15, -0.1) is 0 Å². The average molecular weight is 503 g/mol. The largest absolute Gasteiger partial charge is 0.489 e. The van der Waals surface area contributed by atoms with Crippen molar-refractivity contribution in [1.29, 1.82) is 0 Å². The molecule has 1 N–H and O–H groups in total. The van der Waals surface area contributed by atoms with Crippen LogP contribution in [0.1, 0.15) is 16.7 Å². The Morgan fingerprint density at radius 2 is 1.83 bits per heavy atom. The molecule has 0 aliphatic carbocycles. The predicted molar refractivity (Wildman–Crippen MR) is 136 cm³/mol. The molecule has 1 fully saturated rings. The van der Waals surface area contributed by atoms with Gasteiger partial charge in [-0.2, -0.15) is 0 Å². The zero-order valence-electron chi connectivity index (χ0n) is 19.4. The monoisotopic (exact) mass is 502 g/mol. The Kier molecular flexibility index (Phi) is 6.64. The molecule has 0 saturated carbocycles. The fourth-order valence-corrected chi connectivity index (χ4v) is 4.53. The molecule has 0 atom stereocenters. The molecular weight excluding hydrogens is 480 g/mol. The molecule has 36 heavy (non-hydrogen) atoms. The number of carbonyl (C=O) groups excluding carboxylic acids is 3. The number of thioether (sulfide) groups is 1. The lowest BCUT2D eigenvalue weighted by Crippen LogP contribution is -2.36. The van der Waals surface area contributed by atoms with Crippen LogP contribution in [-0.4, -0.2) is 35.3 Å². The van der Waals surface area contributed by atoms with E-state index in [1.54, 1.807) is 42.5 Å². The highest BCUT2D eigenvalue weighted by atomic mass is 32.2. The lowest BCUT2D eigenvalue weighted by molar-refractivity contribution is -0.127. The number of anilines is 1. The Morgan fingerprint density at radius 1 is 1.06 bits per heavy atom. The Bertz CT molecular complexity index is 1370. The van der Waals surface area contributed by atoms with Gasteiger partial charge in [0, 0.05) is 5.69 Å². The summed E-state index contributed by atoms with van der Waals surface area (Å²) in [6.45, 7) is 2.11. The summed E-state index contributed by atoms with van der Waals surface area (Å²) in [6, 6.07) is 20.1. The Balaban J connectivity index is 1.18. The third-order valence-electron chi connectivity index (χ3n) is 5.61. The highest BCUT2D eigenvalue weighted by Gasteiger charge is 2.36. The van der Waals surface area contributed by atoms with Crippen molar-refractivity contribution in [3.63, 3.8) is 0 Å². The number of rotatable bonds is 7. The van der Waals surface area contributed by atoms with Crippen molar-refractivity contribution >= 4 is 40.6 Å². The number of aryl methyl sites for hydroxylation is 1. The van der Waals surface area contributed by atoms with Crippen LogP contribution in [0.25, 0.3) is 6.08 Å². The molecule has 0 unspecified atom stereocenters. The van der Waals surface area contributed by atoms with Crippen molar-refractivity contribution in [2.24, 2.45) is 0 Å². The third-order valence-corrected chi connectivity index (χ3v) is 6.52. The summed E-state index contributed by atoms with van der Waals surface area (Å²) in [5.74, 6) is 1.16. The maximum absolute atomic E-state index is 12.8. The van der Waals surface area contributed by atoms with Crippen molar-refractivity contribution in [2.75, 3.05) is 18.7 Å². The molecule has 5 rings (SSSR count). The molecule has 182 valence electrons. The SMILES string of the molecule is Cc1ccccc1NC(=O)CN1C(=O)S/C(=C\c2ccc(OCc3ccc4c(c3)OCO4)cc2)C1=O. The number of hydrogen-bond donors (Lipinski definition) is 1. The van der Waals surface area contributed by atoms with E-state index in [0.29, 0.717) is 23.8 Å². The van der Waals surface area contributed by atoms with Crippen molar-refractivity contribution in [3.05, 3.63) is 88.3 Å². The first-order valence-electron chi connectivity index (χ1n) is 11.2. The van der Waals surface area contributed by atoms with Crippen LogP contribution in [0.3, 0.4) is 0 Å². The minimum atomic E-state index is -0.493. The molecule has 3 aromatic carbocycles. The number of carbonyl (C=O) groups is 3. The maximum atomic E-state index is 12.8. The molecule has 2 aliphatic heterocycles. The zero-order chi connectivity index (χ0) is 25.1. The van der Waals surface area contributed by atoms with Gasteiger partial charge < -0.3 is 19.5 Å². The number of benzene rings is 3. The summed E-state index contributed by atoms with van der Waals surface area (Å²) < 4.78 is 16.5. The van der Waals surface area contributed by atoms with E-state index >= 15 is 0 Å². The molecule has 0 spiro atoms. The van der Waals surface area contributed by atoms with Crippen molar-refractivity contribution in [2.45, 2.75) is 13.5 Å². The van der Waals surface area contributed by atoms with E-state index in [9.17, 15) is 14.4 Å². The van der Waals surface area contributed by atoms with Crippen LogP contribution < -0.4 is 19.5 Å². The van der Waals surface area contributed by atoms with Crippen molar-refractivity contribution in [1.82, 2.24) is 4.90 Å². The normalized spacial score (nSPS) is 15.5. The molecule has 3 amide bonds. The minimum absolute atomic E-state index is 0.224. The van der Waals surface area contributed by atoms with Gasteiger partial charge in [-0.25, -0.2) is 0 Å². The zero-order valence-corrected chi connectivity index (χ0v) is 20.2. The van der Waals surface area contributed by atoms with Gasteiger partial charge in [0.1, 0.15) is 18.9 Å². The van der Waals surface area contributed by atoms with E-state index in [1.165, 1.54) is 0 Å². The number of imide groups is 1. The number of ether oxygens (including phenoxy) is 3. The summed E-state index contributed by atoms with van der Waals surface area (Å²) in [4.78, 5) is 38.8. The molecule has 0 bridgehead atoms. The number of nitrogens with zero attached hydrogens (tertiary/aromatic N) is 1. The lowest BCUT2D eigenvalue weighted by Gasteiger charge is -2.13. The fourth-order valence-electron chi connectivity index (χ4n) is 3.69. The van der Waals surface area contributed by atoms with Gasteiger partial charge in [0.2, 0.25) is 12.7 Å². The summed E-state index contributed by atoms with van der Waals surface area (Å²) >= 11 is 0.815. The number of para-hydroxylation sites is 1. The molecule has 2 aliphatic rings. The maximum Gasteiger partial charge on any atom is 0.294 e. The van der Waals surface area contributed by atoms with Gasteiger partial charge in [-0.3, -0.25) is 19.3 Å². The van der Waals surface area contributed by atoms with Crippen LogP contribution in [0.5, 0.6) is 17.2 Å². The van der Waals surface area contributed by atoms with Gasteiger partial charge in [0.05, 0.1) is 4.91 Å². The van der Waals surface area contributed by atoms with E-state index in [-0.39, 0.29) is 18.2 Å². The van der Waals surface area contributed by atoms with Crippen LogP contribution in [0.2, 0.25) is 0 Å². The Morgan fingerprint density at radius 3 is 2.64 bits per heavy atom. The van der Waals surface area contributed by atoms with Crippen LogP contribution in [0, 0.1) is 6.92 Å². The minimum Gasteiger partial charge on any atom is -0.489 e. The molecule has 0 aromatic heterocycles. The van der Waals surface area contributed by atoms with Gasteiger partial charge in [0.25, 0.3) is 11.1 Å². The summed E-state index contributed by atoms with van der Waals surface area (Å²) in [5.41, 5.74) is 3.22. The second kappa shape index (κ2) is 10.2. The molecular formula is C27H22N2O6S. The molecule has 3 aromatic rings. The summed E-state index contributed by atoms with van der Waals surface area (Å²) in [5, 5.41) is 2.27. The average Bonchev–Trinajstić information content (AvgIpc) is 3.44.